The third-order valence-electron chi connectivity index (χ3n) is 3.44. The molecule has 2 N–H and O–H groups in total. The molecule has 0 heterocycles. The van der Waals surface area contributed by atoms with Crippen LogP contribution in [-0.4, -0.2) is 26.2 Å². The van der Waals surface area contributed by atoms with Crippen molar-refractivity contribution >= 4 is 0 Å². The molecule has 0 fully saturated rings. The highest BCUT2D eigenvalue weighted by Crippen LogP contribution is 2.10. The van der Waals surface area contributed by atoms with Gasteiger partial charge in [0.25, 0.3) is 0 Å². The highest BCUT2D eigenvalue weighted by Gasteiger charge is 1.92. The van der Waals surface area contributed by atoms with Crippen LogP contribution in [0.5, 0.6) is 0 Å². The molecule has 0 spiro atoms. The first kappa shape index (κ1) is 17.9. The largest absolute Gasteiger partial charge is 0.316 e. The van der Waals surface area contributed by atoms with E-state index >= 15 is 0 Å². The standard InChI is InChI=1S/C16H36N2/c1-3-5-6-7-8-9-10-11-12-13-14-18-16-15-17-4-2/h17-18H,3-16H2,1-2H3. The third-order valence-corrected chi connectivity index (χ3v) is 3.44. The Hall–Kier alpha value is -0.0800. The first-order chi connectivity index (χ1) is 8.91. The number of rotatable bonds is 15. The molecule has 0 aromatic carbocycles. The van der Waals surface area contributed by atoms with E-state index in [9.17, 15) is 0 Å². The smallest absolute Gasteiger partial charge is 0.00767 e. The molecule has 0 aliphatic rings. The molecule has 0 aromatic rings. The van der Waals surface area contributed by atoms with Crippen molar-refractivity contribution in [3.05, 3.63) is 0 Å². The Labute approximate surface area is 115 Å². The summed E-state index contributed by atoms with van der Waals surface area (Å²) in [5, 5.41) is 6.81. The summed E-state index contributed by atoms with van der Waals surface area (Å²) < 4.78 is 0. The Morgan fingerprint density at radius 3 is 1.56 bits per heavy atom. The van der Waals surface area contributed by atoms with Crippen molar-refractivity contribution in [3.63, 3.8) is 0 Å². The van der Waals surface area contributed by atoms with Crippen LogP contribution < -0.4 is 10.6 Å². The molecule has 0 rings (SSSR count). The van der Waals surface area contributed by atoms with E-state index in [0.717, 1.165) is 19.6 Å². The molecule has 0 amide bonds. The van der Waals surface area contributed by atoms with Crippen molar-refractivity contribution in [2.75, 3.05) is 26.2 Å². The van der Waals surface area contributed by atoms with Crippen molar-refractivity contribution in [1.29, 1.82) is 0 Å². The topological polar surface area (TPSA) is 24.1 Å². The maximum atomic E-state index is 3.48. The normalized spacial score (nSPS) is 11.0. The van der Waals surface area contributed by atoms with Crippen LogP contribution in [0, 0.1) is 0 Å². The van der Waals surface area contributed by atoms with Crippen molar-refractivity contribution in [2.24, 2.45) is 0 Å². The molecule has 0 radical (unpaired) electrons. The van der Waals surface area contributed by atoms with E-state index in [-0.39, 0.29) is 0 Å². The van der Waals surface area contributed by atoms with E-state index < -0.39 is 0 Å². The predicted octanol–water partition coefficient (Wildman–Crippen LogP) is 4.11. The second-order valence-electron chi connectivity index (χ2n) is 5.29. The van der Waals surface area contributed by atoms with Crippen LogP contribution in [0.2, 0.25) is 0 Å². The van der Waals surface area contributed by atoms with Gasteiger partial charge >= 0.3 is 0 Å². The first-order valence-corrected chi connectivity index (χ1v) is 8.33. The molecule has 0 unspecified atom stereocenters. The Morgan fingerprint density at radius 1 is 0.500 bits per heavy atom. The fourth-order valence-corrected chi connectivity index (χ4v) is 2.22. The Balaban J connectivity index is 2.86. The second kappa shape index (κ2) is 16.9. The van der Waals surface area contributed by atoms with Gasteiger partial charge in [-0.1, -0.05) is 71.6 Å². The SMILES string of the molecule is CCCCCCCCCCCCNCCNCC. The summed E-state index contributed by atoms with van der Waals surface area (Å²) in [6.45, 7) is 8.94. The van der Waals surface area contributed by atoms with E-state index in [1.54, 1.807) is 0 Å². The average Bonchev–Trinajstić information content (AvgIpc) is 2.39. The van der Waals surface area contributed by atoms with Gasteiger partial charge in [-0.15, -0.1) is 0 Å². The fourth-order valence-electron chi connectivity index (χ4n) is 2.22. The highest BCUT2D eigenvalue weighted by atomic mass is 14.9. The van der Waals surface area contributed by atoms with Crippen molar-refractivity contribution in [2.45, 2.75) is 78.1 Å². The summed E-state index contributed by atoms with van der Waals surface area (Å²) in [7, 11) is 0. The summed E-state index contributed by atoms with van der Waals surface area (Å²) >= 11 is 0. The third kappa shape index (κ3) is 15.9. The molecule has 0 aliphatic carbocycles. The lowest BCUT2D eigenvalue weighted by atomic mass is 10.1. The predicted molar refractivity (Wildman–Crippen MR) is 83.3 cm³/mol. The van der Waals surface area contributed by atoms with Crippen LogP contribution >= 0.6 is 0 Å². The van der Waals surface area contributed by atoms with Gasteiger partial charge in [0.05, 0.1) is 0 Å². The minimum Gasteiger partial charge on any atom is -0.316 e. The molecule has 0 saturated carbocycles. The van der Waals surface area contributed by atoms with Crippen molar-refractivity contribution in [3.8, 4) is 0 Å². The van der Waals surface area contributed by atoms with E-state index in [2.05, 4.69) is 24.5 Å². The minimum atomic E-state index is 1.08. The summed E-state index contributed by atoms with van der Waals surface area (Å²) in [5.41, 5.74) is 0. The molecule has 0 bridgehead atoms. The van der Waals surface area contributed by atoms with Crippen LogP contribution in [0.3, 0.4) is 0 Å². The summed E-state index contributed by atoms with van der Waals surface area (Å²) in [4.78, 5) is 0. The second-order valence-corrected chi connectivity index (χ2v) is 5.29. The monoisotopic (exact) mass is 256 g/mol. The van der Waals surface area contributed by atoms with Crippen LogP contribution in [-0.2, 0) is 0 Å². The lowest BCUT2D eigenvalue weighted by Gasteiger charge is -2.05. The van der Waals surface area contributed by atoms with Crippen LogP contribution in [0.4, 0.5) is 0 Å². The van der Waals surface area contributed by atoms with E-state index in [4.69, 9.17) is 0 Å². The molecule has 2 heteroatoms. The number of likely N-dealkylation sites (N-methyl/N-ethyl adjacent to an activating group) is 1. The lowest BCUT2D eigenvalue weighted by Crippen LogP contribution is -2.27. The van der Waals surface area contributed by atoms with Crippen LogP contribution in [0.25, 0.3) is 0 Å². The molecule has 2 nitrogen and oxygen atoms in total. The Kier molecular flexibility index (Phi) is 16.8. The van der Waals surface area contributed by atoms with Crippen molar-refractivity contribution < 1.29 is 0 Å². The fraction of sp³-hybridized carbons (Fsp3) is 1.00. The van der Waals surface area contributed by atoms with E-state index in [1.807, 2.05) is 0 Å². The van der Waals surface area contributed by atoms with Crippen LogP contribution in [0.15, 0.2) is 0 Å². The lowest BCUT2D eigenvalue weighted by molar-refractivity contribution is 0.540. The molecule has 110 valence electrons. The quantitative estimate of drug-likeness (QED) is 0.431. The van der Waals surface area contributed by atoms with Gasteiger partial charge in [0.2, 0.25) is 0 Å². The van der Waals surface area contributed by atoms with E-state index in [1.165, 1.54) is 70.8 Å². The van der Waals surface area contributed by atoms with Gasteiger partial charge in [-0.3, -0.25) is 0 Å². The average molecular weight is 256 g/mol. The van der Waals surface area contributed by atoms with Gasteiger partial charge in [0, 0.05) is 13.1 Å². The first-order valence-electron chi connectivity index (χ1n) is 8.33. The van der Waals surface area contributed by atoms with Gasteiger partial charge < -0.3 is 10.6 Å². The number of nitrogens with one attached hydrogen (secondary N) is 2. The number of hydrogen-bond acceptors (Lipinski definition) is 2. The maximum absolute atomic E-state index is 3.48. The van der Waals surface area contributed by atoms with Gasteiger partial charge in [-0.2, -0.15) is 0 Å². The zero-order valence-electron chi connectivity index (χ0n) is 12.9. The molecule has 0 saturated heterocycles. The Morgan fingerprint density at radius 2 is 1.00 bits per heavy atom. The molecule has 0 aliphatic heterocycles. The Bertz CT molecular complexity index is 121. The summed E-state index contributed by atoms with van der Waals surface area (Å²) in [5.74, 6) is 0. The van der Waals surface area contributed by atoms with Gasteiger partial charge in [0.15, 0.2) is 0 Å². The molecule has 0 atom stereocenters. The highest BCUT2D eigenvalue weighted by molar-refractivity contribution is 4.52. The molecule has 18 heavy (non-hydrogen) atoms. The van der Waals surface area contributed by atoms with Gasteiger partial charge in [0.1, 0.15) is 0 Å². The summed E-state index contributed by atoms with van der Waals surface area (Å²) in [6, 6.07) is 0. The number of unbranched alkanes of at least 4 members (excludes halogenated alkanes) is 9. The van der Waals surface area contributed by atoms with Crippen molar-refractivity contribution in [1.82, 2.24) is 10.6 Å². The molecular weight excluding hydrogens is 220 g/mol. The zero-order valence-corrected chi connectivity index (χ0v) is 12.9. The van der Waals surface area contributed by atoms with Gasteiger partial charge in [-0.05, 0) is 19.5 Å². The summed E-state index contributed by atoms with van der Waals surface area (Å²) in [6.07, 6.45) is 14.3. The molecule has 0 aromatic heterocycles. The maximum Gasteiger partial charge on any atom is 0.00767 e. The number of hydrogen-bond donors (Lipinski definition) is 2. The van der Waals surface area contributed by atoms with Gasteiger partial charge in [-0.25, -0.2) is 0 Å². The van der Waals surface area contributed by atoms with Crippen LogP contribution in [0.1, 0.15) is 78.1 Å². The zero-order chi connectivity index (χ0) is 13.3. The molecular formula is C16H36N2. The minimum absolute atomic E-state index is 1.08. The van der Waals surface area contributed by atoms with E-state index in [0.29, 0.717) is 0 Å².